The highest BCUT2D eigenvalue weighted by Crippen LogP contribution is 2.35. The quantitative estimate of drug-likeness (QED) is 0.506. The first-order valence-electron chi connectivity index (χ1n) is 8.38. The lowest BCUT2D eigenvalue weighted by atomic mass is 9.85. The standard InChI is InChI=1S/C19H20N2O4/c1-12(22)13-6-8-14(9-7-13)20-17(23)10-11-21-18(24)15-4-2-3-5-16(15)19(21)25/h2-3,6-9,15-16H,4-5,10-11H2,1H3,(H,20,23)/t15-,16+. The molecule has 0 aromatic heterocycles. The Labute approximate surface area is 145 Å². The monoisotopic (exact) mass is 340 g/mol. The fourth-order valence-electron chi connectivity index (χ4n) is 3.31. The lowest BCUT2D eigenvalue weighted by molar-refractivity contribution is -0.140. The molecule has 3 amide bonds. The second kappa shape index (κ2) is 7.01. The molecular formula is C19H20N2O4. The van der Waals surface area contributed by atoms with E-state index >= 15 is 0 Å². The molecule has 2 atom stereocenters. The van der Waals surface area contributed by atoms with Crippen LogP contribution < -0.4 is 5.32 Å². The summed E-state index contributed by atoms with van der Waals surface area (Å²) in [7, 11) is 0. The van der Waals surface area contributed by atoms with E-state index in [-0.39, 0.29) is 48.3 Å². The fourth-order valence-corrected chi connectivity index (χ4v) is 3.31. The van der Waals surface area contributed by atoms with Crippen molar-refractivity contribution in [3.63, 3.8) is 0 Å². The van der Waals surface area contributed by atoms with Crippen molar-refractivity contribution in [1.82, 2.24) is 4.90 Å². The Bertz CT molecular complexity index is 725. The van der Waals surface area contributed by atoms with Crippen LogP contribution in [0.1, 0.15) is 36.5 Å². The predicted molar refractivity (Wildman–Crippen MR) is 91.8 cm³/mol. The Hall–Kier alpha value is -2.76. The van der Waals surface area contributed by atoms with Crippen LogP contribution in [0.3, 0.4) is 0 Å². The third-order valence-corrected chi connectivity index (χ3v) is 4.74. The van der Waals surface area contributed by atoms with E-state index in [9.17, 15) is 19.2 Å². The minimum Gasteiger partial charge on any atom is -0.326 e. The van der Waals surface area contributed by atoms with E-state index in [4.69, 9.17) is 0 Å². The SMILES string of the molecule is CC(=O)c1ccc(NC(=O)CCN2C(=O)[C@H]3CC=CC[C@H]3C2=O)cc1. The van der Waals surface area contributed by atoms with Crippen molar-refractivity contribution < 1.29 is 19.2 Å². The van der Waals surface area contributed by atoms with Crippen LogP contribution >= 0.6 is 0 Å². The molecule has 0 bridgehead atoms. The number of carbonyl (C=O) groups excluding carboxylic acids is 4. The molecule has 1 aliphatic heterocycles. The minimum absolute atomic E-state index is 0.0418. The van der Waals surface area contributed by atoms with Crippen LogP contribution in [0.2, 0.25) is 0 Å². The van der Waals surface area contributed by atoms with Gasteiger partial charge in [-0.15, -0.1) is 0 Å². The van der Waals surface area contributed by atoms with Crippen LogP contribution in [0.5, 0.6) is 0 Å². The largest absolute Gasteiger partial charge is 0.326 e. The molecule has 1 saturated heterocycles. The van der Waals surface area contributed by atoms with Gasteiger partial charge in [0.1, 0.15) is 0 Å². The first-order chi connectivity index (χ1) is 12.0. The van der Waals surface area contributed by atoms with Gasteiger partial charge in [-0.05, 0) is 44.0 Å². The summed E-state index contributed by atoms with van der Waals surface area (Å²) in [6.07, 6.45) is 5.13. The van der Waals surface area contributed by atoms with Crippen molar-refractivity contribution in [3.8, 4) is 0 Å². The number of hydrogen-bond donors (Lipinski definition) is 1. The molecule has 1 aromatic carbocycles. The van der Waals surface area contributed by atoms with Gasteiger partial charge in [0.05, 0.1) is 11.8 Å². The van der Waals surface area contributed by atoms with Crippen LogP contribution in [-0.4, -0.2) is 34.9 Å². The molecule has 6 heteroatoms. The Morgan fingerprint density at radius 1 is 1.04 bits per heavy atom. The number of nitrogens with one attached hydrogen (secondary N) is 1. The summed E-state index contributed by atoms with van der Waals surface area (Å²) in [5.74, 6) is -1.18. The normalized spacial score (nSPS) is 22.0. The number of amides is 3. The summed E-state index contributed by atoms with van der Waals surface area (Å²) in [5.41, 5.74) is 1.15. The van der Waals surface area contributed by atoms with Gasteiger partial charge in [0.25, 0.3) is 0 Å². The Morgan fingerprint density at radius 3 is 2.12 bits per heavy atom. The van der Waals surface area contributed by atoms with Gasteiger partial charge in [-0.25, -0.2) is 0 Å². The summed E-state index contributed by atoms with van der Waals surface area (Å²) in [6, 6.07) is 6.59. The van der Waals surface area contributed by atoms with Gasteiger partial charge in [0.15, 0.2) is 5.78 Å². The number of likely N-dealkylation sites (tertiary alicyclic amines) is 1. The van der Waals surface area contributed by atoms with Gasteiger partial charge in [0.2, 0.25) is 17.7 Å². The number of allylic oxidation sites excluding steroid dienone is 2. The number of rotatable bonds is 5. The van der Waals surface area contributed by atoms with Crippen LogP contribution in [0, 0.1) is 11.8 Å². The number of carbonyl (C=O) groups is 4. The number of Topliss-reactive ketones (excluding diaryl/α,β-unsaturated/α-hetero) is 1. The molecule has 6 nitrogen and oxygen atoms in total. The van der Waals surface area contributed by atoms with E-state index in [1.807, 2.05) is 12.2 Å². The average Bonchev–Trinajstić information content (AvgIpc) is 2.85. The van der Waals surface area contributed by atoms with Crippen molar-refractivity contribution in [2.75, 3.05) is 11.9 Å². The molecule has 0 spiro atoms. The van der Waals surface area contributed by atoms with E-state index < -0.39 is 0 Å². The van der Waals surface area contributed by atoms with Crippen LogP contribution in [0.4, 0.5) is 5.69 Å². The number of fused-ring (bicyclic) bond motifs is 1. The van der Waals surface area contributed by atoms with E-state index in [0.717, 1.165) is 0 Å². The fraction of sp³-hybridized carbons (Fsp3) is 0.368. The molecule has 1 aliphatic carbocycles. The van der Waals surface area contributed by atoms with Crippen molar-refractivity contribution in [1.29, 1.82) is 0 Å². The molecule has 1 heterocycles. The van der Waals surface area contributed by atoms with Gasteiger partial charge in [-0.1, -0.05) is 12.2 Å². The van der Waals surface area contributed by atoms with E-state index in [2.05, 4.69) is 5.32 Å². The van der Waals surface area contributed by atoms with Gasteiger partial charge in [-0.3, -0.25) is 24.1 Å². The molecule has 2 aliphatic rings. The number of imide groups is 1. The summed E-state index contributed by atoms with van der Waals surface area (Å²) in [5, 5.41) is 2.71. The van der Waals surface area contributed by atoms with Crippen molar-refractivity contribution in [3.05, 3.63) is 42.0 Å². The van der Waals surface area contributed by atoms with Crippen LogP contribution in [0.15, 0.2) is 36.4 Å². The maximum atomic E-state index is 12.3. The zero-order valence-electron chi connectivity index (χ0n) is 14.0. The second-order valence-corrected chi connectivity index (χ2v) is 6.42. The number of ketones is 1. The molecule has 0 radical (unpaired) electrons. The molecular weight excluding hydrogens is 320 g/mol. The number of hydrogen-bond acceptors (Lipinski definition) is 4. The molecule has 130 valence electrons. The van der Waals surface area contributed by atoms with E-state index in [1.165, 1.54) is 11.8 Å². The summed E-state index contributed by atoms with van der Waals surface area (Å²) < 4.78 is 0. The molecule has 0 saturated carbocycles. The molecule has 1 N–H and O–H groups in total. The Kier molecular flexibility index (Phi) is 4.79. The first kappa shape index (κ1) is 17.1. The van der Waals surface area contributed by atoms with Gasteiger partial charge in [-0.2, -0.15) is 0 Å². The number of anilines is 1. The summed E-state index contributed by atoms with van der Waals surface area (Å²) >= 11 is 0. The molecule has 25 heavy (non-hydrogen) atoms. The summed E-state index contributed by atoms with van der Waals surface area (Å²) in [6.45, 7) is 1.58. The lowest BCUT2D eigenvalue weighted by Crippen LogP contribution is -2.34. The molecule has 0 unspecified atom stereocenters. The van der Waals surface area contributed by atoms with Crippen molar-refractivity contribution >= 4 is 29.2 Å². The zero-order chi connectivity index (χ0) is 18.0. The average molecular weight is 340 g/mol. The number of nitrogens with zero attached hydrogens (tertiary/aromatic N) is 1. The van der Waals surface area contributed by atoms with Gasteiger partial charge in [0, 0.05) is 24.2 Å². The number of benzene rings is 1. The predicted octanol–water partition coefficient (Wildman–Crippen LogP) is 2.17. The second-order valence-electron chi connectivity index (χ2n) is 6.42. The molecule has 1 fully saturated rings. The van der Waals surface area contributed by atoms with Crippen molar-refractivity contribution in [2.45, 2.75) is 26.2 Å². The topological polar surface area (TPSA) is 83.6 Å². The van der Waals surface area contributed by atoms with E-state index in [1.54, 1.807) is 24.3 Å². The maximum Gasteiger partial charge on any atom is 0.233 e. The lowest BCUT2D eigenvalue weighted by Gasteiger charge is -2.14. The first-order valence-corrected chi connectivity index (χ1v) is 8.38. The Morgan fingerprint density at radius 2 is 1.60 bits per heavy atom. The van der Waals surface area contributed by atoms with Crippen LogP contribution in [-0.2, 0) is 14.4 Å². The highest BCUT2D eigenvalue weighted by atomic mass is 16.2. The van der Waals surface area contributed by atoms with E-state index in [0.29, 0.717) is 24.1 Å². The molecule has 1 aromatic rings. The van der Waals surface area contributed by atoms with Crippen LogP contribution in [0.25, 0.3) is 0 Å². The third kappa shape index (κ3) is 3.52. The maximum absolute atomic E-state index is 12.3. The highest BCUT2D eigenvalue weighted by Gasteiger charge is 2.46. The third-order valence-electron chi connectivity index (χ3n) is 4.74. The van der Waals surface area contributed by atoms with Gasteiger partial charge < -0.3 is 5.32 Å². The smallest absolute Gasteiger partial charge is 0.233 e. The molecule has 3 rings (SSSR count). The Balaban J connectivity index is 1.55. The van der Waals surface area contributed by atoms with Gasteiger partial charge >= 0.3 is 0 Å². The zero-order valence-corrected chi connectivity index (χ0v) is 14.0. The summed E-state index contributed by atoms with van der Waals surface area (Å²) in [4.78, 5) is 49.2. The highest BCUT2D eigenvalue weighted by molar-refractivity contribution is 6.06. The van der Waals surface area contributed by atoms with Crippen molar-refractivity contribution in [2.24, 2.45) is 11.8 Å². The minimum atomic E-state index is -0.274.